The molecule has 0 saturated heterocycles. The fourth-order valence-corrected chi connectivity index (χ4v) is 1.64. The minimum absolute atomic E-state index is 0.226. The minimum Gasteiger partial charge on any atom is -0.311 e. The number of hydrogen-bond donors (Lipinski definition) is 1. The van der Waals surface area contributed by atoms with Gasteiger partial charge in [0.05, 0.1) is 15.9 Å². The van der Waals surface area contributed by atoms with Gasteiger partial charge in [-0.05, 0) is 19.7 Å². The molecule has 1 aromatic rings. The zero-order valence-electron chi connectivity index (χ0n) is 11.5. The van der Waals surface area contributed by atoms with Gasteiger partial charge >= 0.3 is 0 Å². The maximum atomic E-state index is 10.9. The molecule has 0 bridgehead atoms. The highest BCUT2D eigenvalue weighted by molar-refractivity contribution is 5.49. The molecule has 1 rings (SSSR count). The van der Waals surface area contributed by atoms with Gasteiger partial charge in [0.2, 0.25) is 0 Å². The fourth-order valence-electron chi connectivity index (χ4n) is 1.64. The van der Waals surface area contributed by atoms with Crippen LogP contribution in [0.5, 0.6) is 0 Å². The van der Waals surface area contributed by atoms with Gasteiger partial charge in [0.15, 0.2) is 0 Å². The van der Waals surface area contributed by atoms with E-state index < -0.39 is 9.85 Å². The van der Waals surface area contributed by atoms with E-state index in [4.69, 9.17) is 0 Å². The van der Waals surface area contributed by atoms with Gasteiger partial charge in [-0.15, -0.1) is 0 Å². The molecular formula is C12H18N4O4. The van der Waals surface area contributed by atoms with Crippen LogP contribution in [0, 0.1) is 20.2 Å². The summed E-state index contributed by atoms with van der Waals surface area (Å²) in [5.74, 6) is 0. The van der Waals surface area contributed by atoms with Gasteiger partial charge in [0.25, 0.3) is 11.4 Å². The van der Waals surface area contributed by atoms with Crippen LogP contribution >= 0.6 is 0 Å². The molecule has 0 spiro atoms. The molecule has 0 aromatic heterocycles. The molecule has 0 aliphatic rings. The van der Waals surface area contributed by atoms with Crippen molar-refractivity contribution < 1.29 is 9.85 Å². The highest BCUT2D eigenvalue weighted by Crippen LogP contribution is 2.24. The van der Waals surface area contributed by atoms with Crippen LogP contribution in [-0.2, 0) is 6.54 Å². The third-order valence-electron chi connectivity index (χ3n) is 3.00. The van der Waals surface area contributed by atoms with Crippen LogP contribution in [0.2, 0.25) is 0 Å². The number of benzene rings is 1. The highest BCUT2D eigenvalue weighted by Gasteiger charge is 2.18. The van der Waals surface area contributed by atoms with Crippen LogP contribution < -0.4 is 5.32 Å². The first-order chi connectivity index (χ1) is 9.45. The lowest BCUT2D eigenvalue weighted by atomic mass is 10.1. The molecule has 0 saturated carbocycles. The summed E-state index contributed by atoms with van der Waals surface area (Å²) in [7, 11) is 1.98. The molecule has 0 fully saturated rings. The van der Waals surface area contributed by atoms with E-state index in [1.807, 2.05) is 14.0 Å². The third kappa shape index (κ3) is 4.56. The van der Waals surface area contributed by atoms with Gasteiger partial charge in [0.1, 0.15) is 0 Å². The molecule has 1 aromatic carbocycles. The Balaban J connectivity index is 2.70. The van der Waals surface area contributed by atoms with Crippen molar-refractivity contribution in [2.24, 2.45) is 0 Å². The van der Waals surface area contributed by atoms with Crippen LogP contribution in [0.4, 0.5) is 11.4 Å². The van der Waals surface area contributed by atoms with Gasteiger partial charge in [0, 0.05) is 31.3 Å². The first-order valence-electron chi connectivity index (χ1n) is 6.26. The van der Waals surface area contributed by atoms with Crippen LogP contribution in [0.25, 0.3) is 0 Å². The molecule has 0 heterocycles. The highest BCUT2D eigenvalue weighted by atomic mass is 16.6. The molecular weight excluding hydrogens is 264 g/mol. The van der Waals surface area contributed by atoms with Gasteiger partial charge in [-0.3, -0.25) is 20.2 Å². The van der Waals surface area contributed by atoms with E-state index in [2.05, 4.69) is 10.2 Å². The predicted molar refractivity (Wildman–Crippen MR) is 74.6 cm³/mol. The van der Waals surface area contributed by atoms with Gasteiger partial charge < -0.3 is 10.2 Å². The number of nitro groups is 2. The van der Waals surface area contributed by atoms with Crippen molar-refractivity contribution in [3.63, 3.8) is 0 Å². The average molecular weight is 282 g/mol. The Morgan fingerprint density at radius 1 is 1.25 bits per heavy atom. The molecule has 110 valence electrons. The molecule has 1 N–H and O–H groups in total. The quantitative estimate of drug-likeness (QED) is 0.441. The van der Waals surface area contributed by atoms with E-state index in [-0.39, 0.29) is 11.4 Å². The number of likely N-dealkylation sites (N-methyl/N-ethyl adjacent to an activating group) is 1. The summed E-state index contributed by atoms with van der Waals surface area (Å²) in [6.45, 7) is 4.81. The summed E-state index contributed by atoms with van der Waals surface area (Å²) >= 11 is 0. The third-order valence-corrected chi connectivity index (χ3v) is 3.00. The Morgan fingerprint density at radius 2 is 1.95 bits per heavy atom. The smallest absolute Gasteiger partial charge is 0.280 e. The molecule has 0 atom stereocenters. The van der Waals surface area contributed by atoms with E-state index in [0.717, 1.165) is 19.2 Å². The van der Waals surface area contributed by atoms with Gasteiger partial charge in [-0.25, -0.2) is 0 Å². The summed E-state index contributed by atoms with van der Waals surface area (Å²) in [4.78, 5) is 22.4. The van der Waals surface area contributed by atoms with E-state index in [0.29, 0.717) is 18.7 Å². The van der Waals surface area contributed by atoms with E-state index >= 15 is 0 Å². The van der Waals surface area contributed by atoms with Crippen molar-refractivity contribution in [2.45, 2.75) is 13.5 Å². The normalized spacial score (nSPS) is 10.8. The summed E-state index contributed by atoms with van der Waals surface area (Å²) in [5.41, 5.74) is -0.0542. The first kappa shape index (κ1) is 16.0. The molecule has 0 amide bonds. The van der Waals surface area contributed by atoms with Crippen molar-refractivity contribution in [1.29, 1.82) is 0 Å². The maximum Gasteiger partial charge on any atom is 0.280 e. The molecule has 0 aliphatic carbocycles. The van der Waals surface area contributed by atoms with Crippen LogP contribution in [-0.4, -0.2) is 41.4 Å². The second-order valence-electron chi connectivity index (χ2n) is 4.40. The van der Waals surface area contributed by atoms with E-state index in [9.17, 15) is 20.2 Å². The summed E-state index contributed by atoms with van der Waals surface area (Å²) in [6.07, 6.45) is 0. The summed E-state index contributed by atoms with van der Waals surface area (Å²) in [5, 5.41) is 24.6. The van der Waals surface area contributed by atoms with Crippen molar-refractivity contribution in [3.8, 4) is 0 Å². The molecule has 8 heteroatoms. The number of nitro benzene ring substituents is 2. The zero-order valence-corrected chi connectivity index (χ0v) is 11.5. The number of rotatable bonds is 8. The molecule has 0 unspecified atom stereocenters. The fraction of sp³-hybridized carbons (Fsp3) is 0.500. The van der Waals surface area contributed by atoms with Crippen LogP contribution in [0.1, 0.15) is 12.5 Å². The predicted octanol–water partition coefficient (Wildman–Crippen LogP) is 1.54. The number of nitrogens with zero attached hydrogens (tertiary/aromatic N) is 3. The lowest BCUT2D eigenvalue weighted by molar-refractivity contribution is -0.394. The number of nitrogens with one attached hydrogen (secondary N) is 1. The second kappa shape index (κ2) is 7.51. The van der Waals surface area contributed by atoms with Gasteiger partial charge in [-0.2, -0.15) is 0 Å². The lowest BCUT2D eigenvalue weighted by Gasteiger charge is -2.13. The van der Waals surface area contributed by atoms with Gasteiger partial charge in [-0.1, -0.05) is 6.92 Å². The Morgan fingerprint density at radius 3 is 2.50 bits per heavy atom. The van der Waals surface area contributed by atoms with Crippen LogP contribution in [0.15, 0.2) is 18.2 Å². The van der Waals surface area contributed by atoms with Crippen LogP contribution in [0.3, 0.4) is 0 Å². The zero-order chi connectivity index (χ0) is 15.1. The Labute approximate surface area is 116 Å². The number of hydrogen-bond acceptors (Lipinski definition) is 6. The average Bonchev–Trinajstić information content (AvgIpc) is 2.42. The topological polar surface area (TPSA) is 102 Å². The lowest BCUT2D eigenvalue weighted by Crippen LogP contribution is -2.28. The van der Waals surface area contributed by atoms with Crippen molar-refractivity contribution in [3.05, 3.63) is 44.0 Å². The van der Waals surface area contributed by atoms with Crippen molar-refractivity contribution in [2.75, 3.05) is 26.7 Å². The first-order valence-corrected chi connectivity index (χ1v) is 6.26. The van der Waals surface area contributed by atoms with Crippen molar-refractivity contribution >= 4 is 11.4 Å². The Hall–Kier alpha value is -2.06. The minimum atomic E-state index is -0.638. The molecule has 8 nitrogen and oxygen atoms in total. The Bertz CT molecular complexity index is 492. The maximum absolute atomic E-state index is 10.9. The number of non-ortho nitro benzene ring substituents is 1. The van der Waals surface area contributed by atoms with E-state index in [1.165, 1.54) is 12.1 Å². The standard InChI is InChI=1S/C12H18N4O4/c1-3-14(2)7-6-13-9-10-4-5-11(15(17)18)8-12(10)16(19)20/h4-5,8,13H,3,6-7,9H2,1-2H3. The summed E-state index contributed by atoms with van der Waals surface area (Å²) in [6, 6.07) is 3.70. The molecule has 0 aliphatic heterocycles. The monoisotopic (exact) mass is 282 g/mol. The van der Waals surface area contributed by atoms with Crippen molar-refractivity contribution in [1.82, 2.24) is 10.2 Å². The summed E-state index contributed by atoms with van der Waals surface area (Å²) < 4.78 is 0. The second-order valence-corrected chi connectivity index (χ2v) is 4.40. The molecule has 0 radical (unpaired) electrons. The van der Waals surface area contributed by atoms with E-state index in [1.54, 1.807) is 0 Å². The SMILES string of the molecule is CCN(C)CCNCc1ccc([N+](=O)[O-])cc1[N+](=O)[O-]. The Kier molecular flexibility index (Phi) is 6.01. The largest absolute Gasteiger partial charge is 0.311 e. The molecule has 20 heavy (non-hydrogen) atoms.